The van der Waals surface area contributed by atoms with E-state index in [1.807, 2.05) is 12.1 Å². The van der Waals surface area contributed by atoms with Gasteiger partial charge in [0.25, 0.3) is 0 Å². The summed E-state index contributed by atoms with van der Waals surface area (Å²) in [6.07, 6.45) is 4.33. The summed E-state index contributed by atoms with van der Waals surface area (Å²) in [5, 5.41) is 3.71. The minimum Gasteiger partial charge on any atom is -0.496 e. The Morgan fingerprint density at radius 2 is 2.03 bits per heavy atom. The van der Waals surface area contributed by atoms with Gasteiger partial charge in [0.2, 0.25) is 5.91 Å². The summed E-state index contributed by atoms with van der Waals surface area (Å²) < 4.78 is 20.2. The minimum atomic E-state index is -0.654. The van der Waals surface area contributed by atoms with Gasteiger partial charge < -0.3 is 15.0 Å². The number of nitrogens with zero attached hydrogens (tertiary/aromatic N) is 3. The Kier molecular flexibility index (Phi) is 6.48. The molecule has 166 valence electrons. The van der Waals surface area contributed by atoms with Gasteiger partial charge >= 0.3 is 0 Å². The summed E-state index contributed by atoms with van der Waals surface area (Å²) in [6.45, 7) is 4.84. The van der Waals surface area contributed by atoms with Gasteiger partial charge in [-0.05, 0) is 48.6 Å². The lowest BCUT2D eigenvalue weighted by Gasteiger charge is -2.32. The zero-order valence-corrected chi connectivity index (χ0v) is 18.9. The molecule has 2 aromatic carbocycles. The van der Waals surface area contributed by atoms with Crippen molar-refractivity contribution < 1.29 is 13.9 Å². The normalized spacial score (nSPS) is 14.4. The van der Waals surface area contributed by atoms with Crippen LogP contribution in [0.15, 0.2) is 43.2 Å². The number of amides is 1. The third kappa shape index (κ3) is 4.23. The third-order valence-electron chi connectivity index (χ3n) is 5.70. The Balaban J connectivity index is 1.70. The van der Waals surface area contributed by atoms with E-state index in [1.54, 1.807) is 12.0 Å². The van der Waals surface area contributed by atoms with Gasteiger partial charge in [-0.15, -0.1) is 0 Å². The molecule has 4 rings (SSSR count). The number of benzene rings is 2. The highest BCUT2D eigenvalue weighted by atomic mass is 35.5. The predicted octanol–water partition coefficient (Wildman–Crippen LogP) is 5.72. The SMILES string of the molecule is C=CC(=O)N1CCC(c2cc3c(Nc4ccc(Cl)c(Cl)c4F)ncnc3cc2OC)CC1. The van der Waals surface area contributed by atoms with Crippen molar-refractivity contribution in [2.24, 2.45) is 0 Å². The number of piperidine rings is 1. The van der Waals surface area contributed by atoms with E-state index in [2.05, 4.69) is 21.9 Å². The first-order chi connectivity index (χ1) is 15.4. The molecule has 1 aromatic heterocycles. The number of anilines is 2. The van der Waals surface area contributed by atoms with Crippen molar-refractivity contribution in [3.8, 4) is 5.75 Å². The molecule has 6 nitrogen and oxygen atoms in total. The van der Waals surface area contributed by atoms with Crippen LogP contribution >= 0.6 is 23.2 Å². The van der Waals surface area contributed by atoms with Gasteiger partial charge in [0, 0.05) is 24.5 Å². The summed E-state index contributed by atoms with van der Waals surface area (Å²) in [4.78, 5) is 22.4. The van der Waals surface area contributed by atoms with Crippen LogP contribution in [-0.2, 0) is 4.79 Å². The monoisotopic (exact) mass is 474 g/mol. The maximum Gasteiger partial charge on any atom is 0.245 e. The van der Waals surface area contributed by atoms with Crippen molar-refractivity contribution in [3.05, 3.63) is 64.7 Å². The smallest absolute Gasteiger partial charge is 0.245 e. The van der Waals surface area contributed by atoms with Crippen LogP contribution in [0, 0.1) is 5.82 Å². The largest absolute Gasteiger partial charge is 0.496 e. The summed E-state index contributed by atoms with van der Waals surface area (Å²) in [5.41, 5.74) is 1.81. The van der Waals surface area contributed by atoms with Gasteiger partial charge in [0.05, 0.1) is 28.4 Å². The number of fused-ring (bicyclic) bond motifs is 1. The molecule has 1 aliphatic heterocycles. The van der Waals surface area contributed by atoms with Crippen molar-refractivity contribution in [1.82, 2.24) is 14.9 Å². The van der Waals surface area contributed by atoms with E-state index in [-0.39, 0.29) is 27.6 Å². The maximum atomic E-state index is 14.6. The first-order valence-corrected chi connectivity index (χ1v) is 10.8. The molecule has 3 aromatic rings. The molecular weight excluding hydrogens is 454 g/mol. The first kappa shape index (κ1) is 22.3. The Labute approximate surface area is 195 Å². The molecule has 1 aliphatic rings. The zero-order chi connectivity index (χ0) is 22.8. The van der Waals surface area contributed by atoms with Crippen molar-refractivity contribution in [2.45, 2.75) is 18.8 Å². The highest BCUT2D eigenvalue weighted by molar-refractivity contribution is 6.42. The molecule has 1 fully saturated rings. The van der Waals surface area contributed by atoms with E-state index >= 15 is 0 Å². The van der Waals surface area contributed by atoms with Gasteiger partial charge in [-0.25, -0.2) is 14.4 Å². The molecule has 1 amide bonds. The third-order valence-corrected chi connectivity index (χ3v) is 6.48. The molecule has 32 heavy (non-hydrogen) atoms. The quantitative estimate of drug-likeness (QED) is 0.378. The van der Waals surface area contributed by atoms with Crippen LogP contribution in [0.1, 0.15) is 24.3 Å². The fraction of sp³-hybridized carbons (Fsp3) is 0.261. The summed E-state index contributed by atoms with van der Waals surface area (Å²) >= 11 is 11.8. The Bertz CT molecular complexity index is 1200. The summed E-state index contributed by atoms with van der Waals surface area (Å²) in [7, 11) is 1.62. The molecule has 2 heterocycles. The van der Waals surface area contributed by atoms with E-state index in [4.69, 9.17) is 27.9 Å². The number of rotatable bonds is 5. The molecular formula is C23H21Cl2FN4O2. The molecule has 0 aliphatic carbocycles. The van der Waals surface area contributed by atoms with Gasteiger partial charge in [0.15, 0.2) is 5.82 Å². The van der Waals surface area contributed by atoms with E-state index < -0.39 is 5.82 Å². The number of carbonyl (C=O) groups excluding carboxylic acids is 1. The molecule has 0 atom stereocenters. The van der Waals surface area contributed by atoms with Gasteiger partial charge in [0.1, 0.15) is 17.9 Å². The second kappa shape index (κ2) is 9.30. The second-order valence-electron chi connectivity index (χ2n) is 7.49. The van der Waals surface area contributed by atoms with Crippen LogP contribution in [0.5, 0.6) is 5.75 Å². The van der Waals surface area contributed by atoms with Crippen LogP contribution < -0.4 is 10.1 Å². The molecule has 1 saturated heterocycles. The molecule has 0 unspecified atom stereocenters. The Morgan fingerprint density at radius 1 is 1.28 bits per heavy atom. The summed E-state index contributed by atoms with van der Waals surface area (Å²) in [5.74, 6) is 0.640. The van der Waals surface area contributed by atoms with E-state index in [1.165, 1.54) is 24.5 Å². The number of carbonyl (C=O) groups is 1. The van der Waals surface area contributed by atoms with Crippen molar-refractivity contribution in [1.29, 1.82) is 0 Å². The lowest BCUT2D eigenvalue weighted by molar-refractivity contribution is -0.127. The number of methoxy groups -OCH3 is 1. The predicted molar refractivity (Wildman–Crippen MR) is 125 cm³/mol. The van der Waals surface area contributed by atoms with Crippen LogP contribution in [0.25, 0.3) is 10.9 Å². The van der Waals surface area contributed by atoms with Crippen LogP contribution in [-0.4, -0.2) is 41.0 Å². The average molecular weight is 475 g/mol. The number of ether oxygens (including phenoxy) is 1. The molecule has 0 radical (unpaired) electrons. The van der Waals surface area contributed by atoms with Gasteiger partial charge in [-0.2, -0.15) is 0 Å². The maximum absolute atomic E-state index is 14.6. The number of halogens is 3. The number of nitrogens with one attached hydrogen (secondary N) is 1. The van der Waals surface area contributed by atoms with Gasteiger partial charge in [-0.1, -0.05) is 29.8 Å². The molecule has 1 N–H and O–H groups in total. The number of likely N-dealkylation sites (tertiary alicyclic amines) is 1. The molecule has 9 heteroatoms. The van der Waals surface area contributed by atoms with Crippen LogP contribution in [0.2, 0.25) is 10.0 Å². The zero-order valence-electron chi connectivity index (χ0n) is 17.4. The highest BCUT2D eigenvalue weighted by Crippen LogP contribution is 2.39. The Hall–Kier alpha value is -2.90. The second-order valence-corrected chi connectivity index (χ2v) is 8.27. The minimum absolute atomic E-state index is 0.0579. The highest BCUT2D eigenvalue weighted by Gasteiger charge is 2.26. The van der Waals surface area contributed by atoms with Crippen molar-refractivity contribution in [3.63, 3.8) is 0 Å². The van der Waals surface area contributed by atoms with E-state index in [9.17, 15) is 9.18 Å². The van der Waals surface area contributed by atoms with Crippen molar-refractivity contribution >= 4 is 51.5 Å². The molecule has 0 saturated carbocycles. The van der Waals surface area contributed by atoms with Gasteiger partial charge in [-0.3, -0.25) is 4.79 Å². The standard InChI is InChI=1S/C23H21Cl2FN4O2/c1-3-20(31)30-8-6-13(7-9-30)14-10-15-18(11-19(14)32-2)27-12-28-23(15)29-17-5-4-16(24)21(25)22(17)26/h3-5,10-13H,1,6-9H2,2H3,(H,27,28,29). The lowest BCUT2D eigenvalue weighted by Crippen LogP contribution is -2.36. The summed E-state index contributed by atoms with van der Waals surface area (Å²) in [6, 6.07) is 6.85. The number of hydrogen-bond acceptors (Lipinski definition) is 5. The average Bonchev–Trinajstić information content (AvgIpc) is 2.83. The lowest BCUT2D eigenvalue weighted by atomic mass is 9.88. The molecule has 0 bridgehead atoms. The van der Waals surface area contributed by atoms with E-state index in [0.29, 0.717) is 24.4 Å². The first-order valence-electron chi connectivity index (χ1n) is 10.1. The van der Waals surface area contributed by atoms with E-state index in [0.717, 1.165) is 29.5 Å². The Morgan fingerprint density at radius 3 is 2.72 bits per heavy atom. The fourth-order valence-corrected chi connectivity index (χ4v) is 4.30. The molecule has 0 spiro atoms. The van der Waals surface area contributed by atoms with Crippen LogP contribution in [0.4, 0.5) is 15.9 Å². The topological polar surface area (TPSA) is 67.4 Å². The number of aromatic nitrogens is 2. The fourth-order valence-electron chi connectivity index (χ4n) is 3.99. The van der Waals surface area contributed by atoms with Crippen LogP contribution in [0.3, 0.4) is 0 Å². The number of hydrogen-bond donors (Lipinski definition) is 1. The van der Waals surface area contributed by atoms with Crippen molar-refractivity contribution in [2.75, 3.05) is 25.5 Å².